The number of aryl methyl sites for hydroxylation is 1. The number of nitrogens with one attached hydrogen (secondary N) is 2. The third-order valence-electron chi connectivity index (χ3n) is 5.24. The van der Waals surface area contributed by atoms with E-state index < -0.39 is 0 Å². The Morgan fingerprint density at radius 3 is 2.61 bits per heavy atom. The van der Waals surface area contributed by atoms with Crippen molar-refractivity contribution in [2.45, 2.75) is 6.92 Å². The Bertz CT molecular complexity index is 1450. The van der Waals surface area contributed by atoms with E-state index in [1.54, 1.807) is 36.9 Å². The van der Waals surface area contributed by atoms with Gasteiger partial charge in [-0.05, 0) is 55.0 Å². The van der Waals surface area contributed by atoms with Gasteiger partial charge in [0, 0.05) is 47.0 Å². The zero-order valence-electron chi connectivity index (χ0n) is 17.9. The van der Waals surface area contributed by atoms with Gasteiger partial charge in [0.2, 0.25) is 5.95 Å². The van der Waals surface area contributed by atoms with E-state index in [2.05, 4.69) is 30.6 Å². The molecule has 3 aromatic heterocycles. The van der Waals surface area contributed by atoms with Crippen LogP contribution in [0.15, 0.2) is 91.5 Å². The maximum absolute atomic E-state index is 13.0. The highest BCUT2D eigenvalue weighted by Crippen LogP contribution is 2.24. The molecule has 160 valence electrons. The van der Waals surface area contributed by atoms with Crippen LogP contribution in [0.4, 0.5) is 17.3 Å². The first kappa shape index (κ1) is 20.3. The minimum absolute atomic E-state index is 0.221. The van der Waals surface area contributed by atoms with Gasteiger partial charge >= 0.3 is 0 Å². The van der Waals surface area contributed by atoms with E-state index in [0.29, 0.717) is 17.2 Å². The Morgan fingerprint density at radius 1 is 0.848 bits per heavy atom. The van der Waals surface area contributed by atoms with Crippen LogP contribution < -0.4 is 10.6 Å². The van der Waals surface area contributed by atoms with E-state index in [0.717, 1.165) is 33.4 Å². The van der Waals surface area contributed by atoms with Gasteiger partial charge in [0.05, 0.1) is 16.9 Å². The van der Waals surface area contributed by atoms with Crippen LogP contribution >= 0.6 is 0 Å². The van der Waals surface area contributed by atoms with Gasteiger partial charge in [-0.3, -0.25) is 14.8 Å². The number of pyridine rings is 2. The van der Waals surface area contributed by atoms with E-state index in [4.69, 9.17) is 0 Å². The maximum Gasteiger partial charge on any atom is 0.255 e. The summed E-state index contributed by atoms with van der Waals surface area (Å²) in [5.74, 6) is 0.219. The lowest BCUT2D eigenvalue weighted by Gasteiger charge is -2.12. The van der Waals surface area contributed by atoms with Crippen molar-refractivity contribution in [3.05, 3.63) is 103 Å². The van der Waals surface area contributed by atoms with E-state index >= 15 is 0 Å². The Morgan fingerprint density at radius 2 is 1.73 bits per heavy atom. The fourth-order valence-corrected chi connectivity index (χ4v) is 3.51. The average molecular weight is 432 g/mol. The van der Waals surface area contributed by atoms with Crippen LogP contribution in [0.1, 0.15) is 15.9 Å². The number of carbonyl (C=O) groups is 1. The number of hydrogen-bond donors (Lipinski definition) is 2. The number of aromatic nitrogens is 4. The van der Waals surface area contributed by atoms with E-state index in [9.17, 15) is 4.79 Å². The monoisotopic (exact) mass is 432 g/mol. The van der Waals surface area contributed by atoms with Crippen molar-refractivity contribution in [1.29, 1.82) is 0 Å². The first-order chi connectivity index (χ1) is 16.2. The Kier molecular flexibility index (Phi) is 5.43. The number of para-hydroxylation sites is 1. The van der Waals surface area contributed by atoms with E-state index in [1.807, 2.05) is 61.5 Å². The van der Waals surface area contributed by atoms with Gasteiger partial charge in [0.25, 0.3) is 5.91 Å². The van der Waals surface area contributed by atoms with Crippen molar-refractivity contribution >= 4 is 34.1 Å². The van der Waals surface area contributed by atoms with Gasteiger partial charge in [-0.2, -0.15) is 0 Å². The highest BCUT2D eigenvalue weighted by Gasteiger charge is 2.12. The third kappa shape index (κ3) is 4.38. The molecule has 0 aliphatic rings. The summed E-state index contributed by atoms with van der Waals surface area (Å²) in [6.45, 7) is 1.96. The van der Waals surface area contributed by atoms with E-state index in [1.165, 1.54) is 0 Å². The average Bonchev–Trinajstić information content (AvgIpc) is 2.86. The zero-order valence-corrected chi connectivity index (χ0v) is 17.9. The number of amides is 1. The second-order valence-corrected chi connectivity index (χ2v) is 7.50. The van der Waals surface area contributed by atoms with Crippen LogP contribution in [0, 0.1) is 6.92 Å². The molecule has 0 aliphatic heterocycles. The second kappa shape index (κ2) is 8.84. The molecule has 33 heavy (non-hydrogen) atoms. The third-order valence-corrected chi connectivity index (χ3v) is 5.24. The summed E-state index contributed by atoms with van der Waals surface area (Å²) in [5, 5.41) is 7.18. The van der Waals surface area contributed by atoms with Crippen molar-refractivity contribution in [3.8, 4) is 11.3 Å². The fourth-order valence-electron chi connectivity index (χ4n) is 3.51. The molecule has 5 rings (SSSR count). The molecule has 0 atom stereocenters. The number of fused-ring (bicyclic) bond motifs is 1. The first-order valence-corrected chi connectivity index (χ1v) is 10.4. The molecule has 0 aliphatic carbocycles. The summed E-state index contributed by atoms with van der Waals surface area (Å²) in [5.41, 5.74) is 5.31. The zero-order chi connectivity index (χ0) is 22.6. The quantitative estimate of drug-likeness (QED) is 0.387. The molecule has 1 amide bonds. The summed E-state index contributed by atoms with van der Waals surface area (Å²) in [6, 6.07) is 20.7. The van der Waals surface area contributed by atoms with Gasteiger partial charge in [-0.25, -0.2) is 9.97 Å². The van der Waals surface area contributed by atoms with Gasteiger partial charge < -0.3 is 10.6 Å². The molecule has 5 aromatic rings. The number of anilines is 3. The highest BCUT2D eigenvalue weighted by molar-refractivity contribution is 6.08. The van der Waals surface area contributed by atoms with Gasteiger partial charge in [-0.15, -0.1) is 0 Å². The molecule has 0 fully saturated rings. The summed E-state index contributed by atoms with van der Waals surface area (Å²) in [6.07, 6.45) is 6.88. The Balaban J connectivity index is 1.40. The lowest BCUT2D eigenvalue weighted by Crippen LogP contribution is -2.13. The Hall–Kier alpha value is -4.65. The fraction of sp³-hybridized carbons (Fsp3) is 0.0385. The topological polar surface area (TPSA) is 92.7 Å². The predicted octanol–water partition coefficient (Wildman–Crippen LogP) is 5.39. The molecule has 7 heteroatoms. The predicted molar refractivity (Wildman–Crippen MR) is 129 cm³/mol. The van der Waals surface area contributed by atoms with Crippen molar-refractivity contribution < 1.29 is 4.79 Å². The SMILES string of the molecule is Cc1ccc(C(=O)Nc2cccc3cccnc23)cc1Nc1nccc(-c2cccnc2)n1. The summed E-state index contributed by atoms with van der Waals surface area (Å²) >= 11 is 0. The van der Waals surface area contributed by atoms with Gasteiger partial charge in [0.15, 0.2) is 0 Å². The molecule has 7 nitrogen and oxygen atoms in total. The number of nitrogens with zero attached hydrogens (tertiary/aromatic N) is 4. The number of hydrogen-bond acceptors (Lipinski definition) is 6. The van der Waals surface area contributed by atoms with Crippen molar-refractivity contribution in [2.24, 2.45) is 0 Å². The molecule has 0 saturated heterocycles. The minimum atomic E-state index is -0.221. The van der Waals surface area contributed by atoms with Crippen LogP contribution in [0.2, 0.25) is 0 Å². The van der Waals surface area contributed by atoms with Gasteiger partial charge in [-0.1, -0.05) is 24.3 Å². The largest absolute Gasteiger partial charge is 0.324 e. The summed E-state index contributed by atoms with van der Waals surface area (Å²) < 4.78 is 0. The molecule has 0 radical (unpaired) electrons. The van der Waals surface area contributed by atoms with E-state index in [-0.39, 0.29) is 5.91 Å². The summed E-state index contributed by atoms with van der Waals surface area (Å²) in [7, 11) is 0. The van der Waals surface area contributed by atoms with Crippen molar-refractivity contribution in [2.75, 3.05) is 10.6 Å². The van der Waals surface area contributed by atoms with Gasteiger partial charge in [0.1, 0.15) is 0 Å². The van der Waals surface area contributed by atoms with Crippen molar-refractivity contribution in [3.63, 3.8) is 0 Å². The Labute approximate surface area is 190 Å². The molecular formula is C26H20N6O. The molecule has 2 N–H and O–H groups in total. The number of carbonyl (C=O) groups excluding carboxylic acids is 1. The van der Waals surface area contributed by atoms with Crippen LogP contribution in [-0.4, -0.2) is 25.8 Å². The second-order valence-electron chi connectivity index (χ2n) is 7.50. The lowest BCUT2D eigenvalue weighted by atomic mass is 10.1. The molecule has 3 heterocycles. The maximum atomic E-state index is 13.0. The minimum Gasteiger partial charge on any atom is -0.324 e. The molecule has 0 unspecified atom stereocenters. The summed E-state index contributed by atoms with van der Waals surface area (Å²) in [4.78, 5) is 30.5. The smallest absolute Gasteiger partial charge is 0.255 e. The number of rotatable bonds is 5. The number of benzene rings is 2. The highest BCUT2D eigenvalue weighted by atomic mass is 16.1. The molecule has 2 aromatic carbocycles. The molecule has 0 saturated carbocycles. The molecule has 0 spiro atoms. The molecular weight excluding hydrogens is 412 g/mol. The first-order valence-electron chi connectivity index (χ1n) is 10.4. The normalized spacial score (nSPS) is 10.7. The van der Waals surface area contributed by atoms with Crippen LogP contribution in [-0.2, 0) is 0 Å². The lowest BCUT2D eigenvalue weighted by molar-refractivity contribution is 0.102. The van der Waals surface area contributed by atoms with Crippen LogP contribution in [0.25, 0.3) is 22.2 Å². The standard InChI is InChI=1S/C26H20N6O/c1-17-9-10-19(25(33)30-22-8-2-5-18-6-4-13-28-24(18)22)15-23(17)32-26-29-14-11-21(31-26)20-7-3-12-27-16-20/h2-16H,1H3,(H,30,33)(H,29,31,32). The van der Waals surface area contributed by atoms with Crippen molar-refractivity contribution in [1.82, 2.24) is 19.9 Å². The van der Waals surface area contributed by atoms with Crippen LogP contribution in [0.3, 0.4) is 0 Å². The van der Waals surface area contributed by atoms with Crippen LogP contribution in [0.5, 0.6) is 0 Å². The molecule has 0 bridgehead atoms.